The summed E-state index contributed by atoms with van der Waals surface area (Å²) in [5.41, 5.74) is 0.651. The Labute approximate surface area is 162 Å². The molecule has 1 aromatic rings. The molecule has 1 N–H and O–H groups in total. The number of esters is 1. The van der Waals surface area contributed by atoms with Crippen LogP contribution >= 0.6 is 11.6 Å². The van der Waals surface area contributed by atoms with Crippen LogP contribution < -0.4 is 5.32 Å². The van der Waals surface area contributed by atoms with E-state index in [0.29, 0.717) is 30.1 Å². The van der Waals surface area contributed by atoms with Crippen molar-refractivity contribution < 1.29 is 19.1 Å². The molecular formula is C18H21ClN4O4. The summed E-state index contributed by atoms with van der Waals surface area (Å²) in [6, 6.07) is 7.00. The maximum Gasteiger partial charge on any atom is 0.302 e. The Morgan fingerprint density at radius 3 is 2.96 bits per heavy atom. The Morgan fingerprint density at radius 2 is 2.22 bits per heavy atom. The maximum absolute atomic E-state index is 12.5. The first kappa shape index (κ1) is 19.2. The quantitative estimate of drug-likeness (QED) is 0.770. The van der Waals surface area contributed by atoms with Gasteiger partial charge in [0.15, 0.2) is 0 Å². The molecule has 0 spiro atoms. The number of hydrogen-bond donors (Lipinski definition) is 1. The van der Waals surface area contributed by atoms with Crippen molar-refractivity contribution in [2.45, 2.75) is 19.8 Å². The molecule has 1 fully saturated rings. The molecule has 0 aliphatic carbocycles. The average Bonchev–Trinajstić information content (AvgIpc) is 2.61. The third kappa shape index (κ3) is 4.97. The maximum atomic E-state index is 12.5. The van der Waals surface area contributed by atoms with Crippen molar-refractivity contribution in [3.05, 3.63) is 29.3 Å². The molecule has 1 atom stereocenters. The minimum absolute atomic E-state index is 0.0962. The smallest absolute Gasteiger partial charge is 0.302 e. The summed E-state index contributed by atoms with van der Waals surface area (Å²) in [4.78, 5) is 37.5. The van der Waals surface area contributed by atoms with Crippen LogP contribution in [-0.4, -0.2) is 59.8 Å². The molecule has 0 bridgehead atoms. The molecule has 2 amide bonds. The highest BCUT2D eigenvalue weighted by molar-refractivity contribution is 6.30. The summed E-state index contributed by atoms with van der Waals surface area (Å²) in [5, 5.41) is 9.12. The van der Waals surface area contributed by atoms with Crippen LogP contribution in [0.25, 0.3) is 0 Å². The lowest BCUT2D eigenvalue weighted by molar-refractivity contribution is -0.144. The molecule has 2 aliphatic rings. The van der Waals surface area contributed by atoms with Crippen molar-refractivity contribution in [3.63, 3.8) is 0 Å². The number of rotatable bonds is 5. The highest BCUT2D eigenvalue weighted by atomic mass is 35.5. The predicted octanol–water partition coefficient (Wildman–Crippen LogP) is 1.71. The van der Waals surface area contributed by atoms with Crippen molar-refractivity contribution in [2.24, 2.45) is 11.0 Å². The number of nitrogens with zero attached hydrogens (tertiary/aromatic N) is 3. The van der Waals surface area contributed by atoms with Crippen molar-refractivity contribution in [3.8, 4) is 0 Å². The van der Waals surface area contributed by atoms with E-state index >= 15 is 0 Å². The van der Waals surface area contributed by atoms with E-state index in [1.54, 1.807) is 24.3 Å². The van der Waals surface area contributed by atoms with Gasteiger partial charge in [0.25, 0.3) is 5.91 Å². The number of fused-ring (bicyclic) bond motifs is 1. The summed E-state index contributed by atoms with van der Waals surface area (Å²) in [6.07, 6.45) is 1.25. The number of amides is 2. The van der Waals surface area contributed by atoms with Gasteiger partial charge in [-0.1, -0.05) is 17.7 Å². The molecule has 3 rings (SSSR count). The van der Waals surface area contributed by atoms with Gasteiger partial charge in [-0.3, -0.25) is 14.4 Å². The van der Waals surface area contributed by atoms with E-state index in [0.717, 1.165) is 5.84 Å². The molecule has 1 unspecified atom stereocenters. The van der Waals surface area contributed by atoms with Gasteiger partial charge >= 0.3 is 5.97 Å². The topological polar surface area (TPSA) is 91.3 Å². The minimum atomic E-state index is -0.389. The Kier molecular flexibility index (Phi) is 5.95. The summed E-state index contributed by atoms with van der Waals surface area (Å²) < 4.78 is 4.86. The molecule has 8 nitrogen and oxygen atoms in total. The van der Waals surface area contributed by atoms with Gasteiger partial charge in [-0.05, 0) is 24.6 Å². The standard InChI is InChI=1S/C18H21ClN4O4/c1-12(24)27-8-7-23-17(25)11-22-10-13(5-6-16(22)21-23)18(26)20-15-4-2-3-14(19)9-15/h2-4,9,13H,5-8,10-11H2,1H3,(H,20,26). The molecule has 1 saturated heterocycles. The average molecular weight is 393 g/mol. The van der Waals surface area contributed by atoms with Gasteiger partial charge < -0.3 is 15.0 Å². The largest absolute Gasteiger partial charge is 0.464 e. The number of hydrogen-bond acceptors (Lipinski definition) is 6. The normalized spacial score (nSPS) is 19.3. The summed E-state index contributed by atoms with van der Waals surface area (Å²) in [5.74, 6) is -0.115. The van der Waals surface area contributed by atoms with E-state index in [1.165, 1.54) is 11.9 Å². The molecule has 2 heterocycles. The van der Waals surface area contributed by atoms with E-state index < -0.39 is 0 Å². The second-order valence-electron chi connectivity index (χ2n) is 6.49. The summed E-state index contributed by atoms with van der Waals surface area (Å²) in [7, 11) is 0. The fourth-order valence-corrected chi connectivity index (χ4v) is 3.30. The zero-order valence-corrected chi connectivity index (χ0v) is 15.7. The number of halogens is 1. The molecule has 0 saturated carbocycles. The number of benzene rings is 1. The van der Waals surface area contributed by atoms with E-state index in [4.69, 9.17) is 16.3 Å². The molecule has 27 heavy (non-hydrogen) atoms. The molecular weight excluding hydrogens is 372 g/mol. The number of piperidine rings is 1. The predicted molar refractivity (Wildman–Crippen MR) is 100 cm³/mol. The first-order valence-electron chi connectivity index (χ1n) is 8.75. The van der Waals surface area contributed by atoms with E-state index in [2.05, 4.69) is 10.4 Å². The Bertz CT molecular complexity index is 782. The van der Waals surface area contributed by atoms with Gasteiger partial charge in [-0.25, -0.2) is 5.01 Å². The molecule has 144 valence electrons. The Balaban J connectivity index is 1.58. The number of anilines is 1. The van der Waals surface area contributed by atoms with Crippen LogP contribution in [0.1, 0.15) is 19.8 Å². The Morgan fingerprint density at radius 1 is 1.41 bits per heavy atom. The fraction of sp³-hybridized carbons (Fsp3) is 0.444. The third-order valence-corrected chi connectivity index (χ3v) is 4.68. The highest BCUT2D eigenvalue weighted by Crippen LogP contribution is 2.24. The molecule has 1 aromatic carbocycles. The van der Waals surface area contributed by atoms with Crippen LogP contribution in [0.2, 0.25) is 5.02 Å². The van der Waals surface area contributed by atoms with E-state index in [-0.39, 0.29) is 43.4 Å². The zero-order chi connectivity index (χ0) is 19.4. The minimum Gasteiger partial charge on any atom is -0.464 e. The van der Waals surface area contributed by atoms with Gasteiger partial charge in [0.1, 0.15) is 19.0 Å². The number of amidine groups is 1. The third-order valence-electron chi connectivity index (χ3n) is 4.44. The number of nitrogens with one attached hydrogen (secondary N) is 1. The summed E-state index contributed by atoms with van der Waals surface area (Å²) >= 11 is 5.94. The lowest BCUT2D eigenvalue weighted by atomic mass is 9.95. The molecule has 9 heteroatoms. The first-order chi connectivity index (χ1) is 12.9. The van der Waals surface area contributed by atoms with E-state index in [9.17, 15) is 14.4 Å². The fourth-order valence-electron chi connectivity index (χ4n) is 3.11. The molecule has 2 aliphatic heterocycles. The van der Waals surface area contributed by atoms with Crippen LogP contribution in [0.15, 0.2) is 29.4 Å². The number of carbonyl (C=O) groups is 3. The highest BCUT2D eigenvalue weighted by Gasteiger charge is 2.34. The zero-order valence-electron chi connectivity index (χ0n) is 15.0. The van der Waals surface area contributed by atoms with Crippen LogP contribution in [0.3, 0.4) is 0 Å². The lowest BCUT2D eigenvalue weighted by Crippen LogP contribution is -2.53. The number of hydrazone groups is 1. The number of carbonyl (C=O) groups excluding carboxylic acids is 3. The van der Waals surface area contributed by atoms with Gasteiger partial charge in [0.2, 0.25) is 5.91 Å². The Hall–Kier alpha value is -2.61. The van der Waals surface area contributed by atoms with Crippen molar-refractivity contribution in [2.75, 3.05) is 31.6 Å². The van der Waals surface area contributed by atoms with Crippen LogP contribution in [-0.2, 0) is 19.1 Å². The first-order valence-corrected chi connectivity index (χ1v) is 9.13. The van der Waals surface area contributed by atoms with Gasteiger partial charge in [-0.2, -0.15) is 5.10 Å². The van der Waals surface area contributed by atoms with E-state index in [1.807, 2.05) is 4.90 Å². The molecule has 0 radical (unpaired) electrons. The van der Waals surface area contributed by atoms with Crippen molar-refractivity contribution in [1.82, 2.24) is 9.91 Å². The van der Waals surface area contributed by atoms with Gasteiger partial charge in [0.05, 0.1) is 12.5 Å². The number of ether oxygens (including phenoxy) is 1. The lowest BCUT2D eigenvalue weighted by Gasteiger charge is -2.38. The summed E-state index contributed by atoms with van der Waals surface area (Å²) in [6.45, 7) is 2.27. The van der Waals surface area contributed by atoms with Crippen LogP contribution in [0, 0.1) is 5.92 Å². The van der Waals surface area contributed by atoms with Crippen LogP contribution in [0.5, 0.6) is 0 Å². The second-order valence-corrected chi connectivity index (χ2v) is 6.93. The van der Waals surface area contributed by atoms with Gasteiger partial charge in [0, 0.05) is 30.6 Å². The molecule has 0 aromatic heterocycles. The second kappa shape index (κ2) is 8.39. The SMILES string of the molecule is CC(=O)OCCN1N=C2CCC(C(=O)Nc3cccc(Cl)c3)CN2CC1=O. The monoisotopic (exact) mass is 392 g/mol. The van der Waals surface area contributed by atoms with Gasteiger partial charge in [-0.15, -0.1) is 0 Å². The van der Waals surface area contributed by atoms with Crippen LogP contribution in [0.4, 0.5) is 5.69 Å². The van der Waals surface area contributed by atoms with Crippen molar-refractivity contribution >= 4 is 40.9 Å². The van der Waals surface area contributed by atoms with Crippen molar-refractivity contribution in [1.29, 1.82) is 0 Å².